The summed E-state index contributed by atoms with van der Waals surface area (Å²) in [5.74, 6) is 2.23. The number of esters is 1. The lowest BCUT2D eigenvalue weighted by molar-refractivity contribution is -0.137. The summed E-state index contributed by atoms with van der Waals surface area (Å²) >= 11 is 4.14. The summed E-state index contributed by atoms with van der Waals surface area (Å²) in [5, 5.41) is 0. The summed E-state index contributed by atoms with van der Waals surface area (Å²) in [7, 11) is 0. The Kier molecular flexibility index (Phi) is 5.45. The highest BCUT2D eigenvalue weighted by molar-refractivity contribution is 8.18. The molecule has 18 heavy (non-hydrogen) atoms. The second-order valence-electron chi connectivity index (χ2n) is 4.44. The highest BCUT2D eigenvalue weighted by Gasteiger charge is 2.38. The molecule has 2 saturated heterocycles. The van der Waals surface area contributed by atoms with E-state index in [-0.39, 0.29) is 12.1 Å². The summed E-state index contributed by atoms with van der Waals surface area (Å²) in [6, 6.07) is 0. The smallest absolute Gasteiger partial charge is 0.330 e. The summed E-state index contributed by atoms with van der Waals surface area (Å²) in [5.41, 5.74) is 0. The third-order valence-corrected chi connectivity index (χ3v) is 6.57. The minimum absolute atomic E-state index is 0.0567. The van der Waals surface area contributed by atoms with E-state index < -0.39 is 0 Å². The van der Waals surface area contributed by atoms with E-state index in [1.807, 2.05) is 13.0 Å². The molecule has 0 aliphatic carbocycles. The molecule has 0 N–H and O–H groups in total. The molecular formula is C13H20O3S2. The molecule has 2 aliphatic heterocycles. The SMILES string of the molecule is CCOC(=O)/C=C/C1CC2(CCO1)SCCCS2. The molecule has 0 bridgehead atoms. The summed E-state index contributed by atoms with van der Waals surface area (Å²) in [6.07, 6.45) is 6.84. The molecule has 1 spiro atoms. The predicted molar refractivity (Wildman–Crippen MR) is 77.0 cm³/mol. The lowest BCUT2D eigenvalue weighted by atomic mass is 10.1. The molecule has 102 valence electrons. The Morgan fingerprint density at radius 3 is 3.00 bits per heavy atom. The van der Waals surface area contributed by atoms with Crippen LogP contribution in [0, 0.1) is 0 Å². The molecule has 1 atom stereocenters. The standard InChI is InChI=1S/C13H20O3S2/c1-2-15-12(14)5-4-11-10-13(6-7-16-11)17-8-3-9-18-13/h4-5,11H,2-3,6-10H2,1H3/b5-4+. The van der Waals surface area contributed by atoms with Gasteiger partial charge in [-0.3, -0.25) is 0 Å². The summed E-state index contributed by atoms with van der Waals surface area (Å²) < 4.78 is 10.9. The molecule has 3 nitrogen and oxygen atoms in total. The van der Waals surface area contributed by atoms with Gasteiger partial charge in [-0.1, -0.05) is 0 Å². The quantitative estimate of drug-likeness (QED) is 0.589. The van der Waals surface area contributed by atoms with E-state index in [1.54, 1.807) is 0 Å². The zero-order valence-corrected chi connectivity index (χ0v) is 12.4. The number of carbonyl (C=O) groups excluding carboxylic acids is 1. The maximum absolute atomic E-state index is 11.3. The topological polar surface area (TPSA) is 35.5 Å². The van der Waals surface area contributed by atoms with Crippen molar-refractivity contribution < 1.29 is 14.3 Å². The molecule has 0 radical (unpaired) electrons. The first kappa shape index (κ1) is 14.3. The van der Waals surface area contributed by atoms with Gasteiger partial charge >= 0.3 is 5.97 Å². The lowest BCUT2D eigenvalue weighted by Crippen LogP contribution is -2.37. The highest BCUT2D eigenvalue weighted by atomic mass is 32.2. The third kappa shape index (κ3) is 3.93. The van der Waals surface area contributed by atoms with Crippen LogP contribution in [-0.2, 0) is 14.3 Å². The molecule has 1 unspecified atom stereocenters. The van der Waals surface area contributed by atoms with Crippen molar-refractivity contribution in [2.24, 2.45) is 0 Å². The van der Waals surface area contributed by atoms with Crippen molar-refractivity contribution in [1.82, 2.24) is 0 Å². The second-order valence-corrected chi connectivity index (χ2v) is 7.65. The fourth-order valence-electron chi connectivity index (χ4n) is 2.21. The Labute approximate surface area is 117 Å². The van der Waals surface area contributed by atoms with Crippen LogP contribution in [0.15, 0.2) is 12.2 Å². The van der Waals surface area contributed by atoms with Crippen LogP contribution in [0.1, 0.15) is 26.2 Å². The first-order chi connectivity index (χ1) is 8.74. The van der Waals surface area contributed by atoms with Crippen LogP contribution in [0.5, 0.6) is 0 Å². The van der Waals surface area contributed by atoms with Crippen molar-refractivity contribution in [3.63, 3.8) is 0 Å². The maximum atomic E-state index is 11.3. The molecule has 2 heterocycles. The van der Waals surface area contributed by atoms with Crippen LogP contribution in [0.25, 0.3) is 0 Å². The minimum atomic E-state index is -0.273. The van der Waals surface area contributed by atoms with Crippen LogP contribution < -0.4 is 0 Å². The largest absolute Gasteiger partial charge is 0.463 e. The molecule has 2 aliphatic rings. The van der Waals surface area contributed by atoms with Gasteiger partial charge in [0.2, 0.25) is 0 Å². The Bertz CT molecular complexity index is 306. The number of carbonyl (C=O) groups is 1. The van der Waals surface area contributed by atoms with Gasteiger partial charge in [-0.15, -0.1) is 23.5 Å². The first-order valence-electron chi connectivity index (χ1n) is 6.48. The fraction of sp³-hybridized carbons (Fsp3) is 0.769. The van der Waals surface area contributed by atoms with Gasteiger partial charge in [0, 0.05) is 19.1 Å². The van der Waals surface area contributed by atoms with E-state index in [1.165, 1.54) is 24.0 Å². The van der Waals surface area contributed by atoms with Gasteiger partial charge in [-0.25, -0.2) is 4.79 Å². The van der Waals surface area contributed by atoms with E-state index in [0.29, 0.717) is 10.7 Å². The van der Waals surface area contributed by atoms with E-state index in [0.717, 1.165) is 19.4 Å². The molecule has 0 amide bonds. The molecule has 0 saturated carbocycles. The lowest BCUT2D eigenvalue weighted by Gasteiger charge is -2.41. The Morgan fingerprint density at radius 1 is 1.50 bits per heavy atom. The predicted octanol–water partition coefficient (Wildman–Crippen LogP) is 2.85. The zero-order chi connectivity index (χ0) is 12.8. The summed E-state index contributed by atoms with van der Waals surface area (Å²) in [4.78, 5) is 11.3. The molecule has 2 fully saturated rings. The normalized spacial score (nSPS) is 27.5. The monoisotopic (exact) mass is 288 g/mol. The van der Waals surface area contributed by atoms with Crippen molar-refractivity contribution in [2.45, 2.75) is 36.4 Å². The Morgan fingerprint density at radius 2 is 2.28 bits per heavy atom. The maximum Gasteiger partial charge on any atom is 0.330 e. The van der Waals surface area contributed by atoms with Crippen LogP contribution in [0.3, 0.4) is 0 Å². The van der Waals surface area contributed by atoms with Crippen molar-refractivity contribution in [2.75, 3.05) is 24.7 Å². The average Bonchev–Trinajstić information content (AvgIpc) is 2.38. The van der Waals surface area contributed by atoms with Crippen LogP contribution in [0.2, 0.25) is 0 Å². The van der Waals surface area contributed by atoms with Gasteiger partial charge in [-0.05, 0) is 37.3 Å². The first-order valence-corrected chi connectivity index (χ1v) is 8.46. The zero-order valence-electron chi connectivity index (χ0n) is 10.7. The minimum Gasteiger partial charge on any atom is -0.463 e. The number of ether oxygens (including phenoxy) is 2. The Balaban J connectivity index is 1.88. The number of hydrogen-bond acceptors (Lipinski definition) is 5. The molecule has 5 heteroatoms. The van der Waals surface area contributed by atoms with Gasteiger partial charge in [-0.2, -0.15) is 0 Å². The fourth-order valence-corrected chi connectivity index (χ4v) is 5.57. The van der Waals surface area contributed by atoms with Gasteiger partial charge in [0.15, 0.2) is 0 Å². The molecule has 0 aromatic heterocycles. The van der Waals surface area contributed by atoms with Crippen molar-refractivity contribution in [3.05, 3.63) is 12.2 Å². The van der Waals surface area contributed by atoms with Crippen LogP contribution in [0.4, 0.5) is 0 Å². The Hall–Kier alpha value is -0.130. The van der Waals surface area contributed by atoms with Crippen LogP contribution >= 0.6 is 23.5 Å². The number of rotatable bonds is 3. The molecule has 0 aromatic rings. The highest BCUT2D eigenvalue weighted by Crippen LogP contribution is 2.50. The van der Waals surface area contributed by atoms with E-state index in [9.17, 15) is 4.79 Å². The average molecular weight is 288 g/mol. The van der Waals surface area contributed by atoms with Crippen LogP contribution in [-0.4, -0.2) is 40.9 Å². The summed E-state index contributed by atoms with van der Waals surface area (Å²) in [6.45, 7) is 3.02. The van der Waals surface area contributed by atoms with Gasteiger partial charge < -0.3 is 9.47 Å². The van der Waals surface area contributed by atoms with E-state index >= 15 is 0 Å². The van der Waals surface area contributed by atoms with Gasteiger partial charge in [0.1, 0.15) is 0 Å². The number of hydrogen-bond donors (Lipinski definition) is 0. The molecule has 2 rings (SSSR count). The van der Waals surface area contributed by atoms with Gasteiger partial charge in [0.25, 0.3) is 0 Å². The van der Waals surface area contributed by atoms with E-state index in [2.05, 4.69) is 23.5 Å². The van der Waals surface area contributed by atoms with E-state index in [4.69, 9.17) is 9.47 Å². The van der Waals surface area contributed by atoms with Crippen molar-refractivity contribution >= 4 is 29.5 Å². The van der Waals surface area contributed by atoms with Crippen molar-refractivity contribution in [1.29, 1.82) is 0 Å². The second kappa shape index (κ2) is 6.87. The third-order valence-electron chi connectivity index (χ3n) is 3.08. The molecular weight excluding hydrogens is 268 g/mol. The van der Waals surface area contributed by atoms with Gasteiger partial charge in [0.05, 0.1) is 16.8 Å². The van der Waals surface area contributed by atoms with Crippen molar-refractivity contribution in [3.8, 4) is 0 Å². The number of thioether (sulfide) groups is 2. The molecule has 0 aromatic carbocycles.